The first-order valence-electron chi connectivity index (χ1n) is 7.68. The minimum Gasteiger partial charge on any atom is -0.507 e. The van der Waals surface area contributed by atoms with Gasteiger partial charge in [-0.15, -0.1) is 0 Å². The summed E-state index contributed by atoms with van der Waals surface area (Å²) < 4.78 is 5.31. The van der Waals surface area contributed by atoms with Gasteiger partial charge in [0, 0.05) is 24.5 Å². The fourth-order valence-corrected chi connectivity index (χ4v) is 2.63. The van der Waals surface area contributed by atoms with Gasteiger partial charge in [-0.25, -0.2) is 4.79 Å². The molecule has 0 unspecified atom stereocenters. The van der Waals surface area contributed by atoms with Gasteiger partial charge < -0.3 is 14.9 Å². The Morgan fingerprint density at radius 1 is 1.12 bits per heavy atom. The maximum absolute atomic E-state index is 12.4. The van der Waals surface area contributed by atoms with Crippen LogP contribution in [0.1, 0.15) is 42.1 Å². The fraction of sp³-hybridized carbons (Fsp3) is 0.333. The number of carbonyl (C=O) groups excluding carboxylic acids is 2. The highest BCUT2D eigenvalue weighted by Gasteiger charge is 2.25. The van der Waals surface area contributed by atoms with Gasteiger partial charge in [-0.1, -0.05) is 29.8 Å². The van der Waals surface area contributed by atoms with E-state index in [0.717, 1.165) is 12.5 Å². The second-order valence-electron chi connectivity index (χ2n) is 5.63. The van der Waals surface area contributed by atoms with Crippen LogP contribution < -0.4 is 0 Å². The molecule has 0 saturated heterocycles. The van der Waals surface area contributed by atoms with Crippen LogP contribution in [0, 0.1) is 0 Å². The van der Waals surface area contributed by atoms with Crippen LogP contribution in [0.2, 0.25) is 5.02 Å². The smallest absolute Gasteiger partial charge is 0.342 e. The molecule has 2 N–H and O–H groups in total. The molecular weight excluding hydrogens is 332 g/mol. The molecule has 6 heteroatoms. The number of hydrogen-bond donors (Lipinski definition) is 2. The fourth-order valence-electron chi connectivity index (χ4n) is 2.41. The number of hydrogen-bond acceptors (Lipinski definition) is 5. The Bertz CT molecular complexity index is 706. The number of ketones is 1. The van der Waals surface area contributed by atoms with Crippen LogP contribution in [0.5, 0.6) is 11.5 Å². The number of esters is 1. The summed E-state index contributed by atoms with van der Waals surface area (Å²) in [4.78, 5) is 24.5. The Hall–Kier alpha value is -2.27. The van der Waals surface area contributed by atoms with Crippen molar-refractivity contribution in [3.8, 4) is 11.5 Å². The van der Waals surface area contributed by atoms with Gasteiger partial charge >= 0.3 is 5.97 Å². The Morgan fingerprint density at radius 2 is 1.83 bits per heavy atom. The number of halogens is 1. The van der Waals surface area contributed by atoms with Crippen LogP contribution in [0.15, 0.2) is 30.4 Å². The molecule has 0 radical (unpaired) electrons. The standard InChI is InChI=1S/C18H19ClO5/c1-11-7-5-3-2-4-6-8-12(20)9-13-16(18(23)24-11)14(21)10-15(22)17(13)19/h3,5-6,8,10-11,21-22H,2,4,7,9H2,1H3/b5-3+,8-6+/t11-/m0/s1. The summed E-state index contributed by atoms with van der Waals surface area (Å²) in [5.41, 5.74) is -0.124. The molecule has 0 amide bonds. The lowest BCUT2D eigenvalue weighted by Gasteiger charge is -2.16. The second kappa shape index (κ2) is 8.02. The van der Waals surface area contributed by atoms with E-state index in [1.54, 1.807) is 13.0 Å². The third kappa shape index (κ3) is 4.38. The molecule has 0 aromatic heterocycles. The molecule has 0 saturated carbocycles. The van der Waals surface area contributed by atoms with Gasteiger partial charge in [0.25, 0.3) is 0 Å². The van der Waals surface area contributed by atoms with Gasteiger partial charge in [0.1, 0.15) is 23.2 Å². The van der Waals surface area contributed by atoms with E-state index >= 15 is 0 Å². The van der Waals surface area contributed by atoms with E-state index in [1.165, 1.54) is 6.08 Å². The molecule has 24 heavy (non-hydrogen) atoms. The molecule has 0 bridgehead atoms. The molecule has 1 aromatic carbocycles. The average molecular weight is 351 g/mol. The van der Waals surface area contributed by atoms with Gasteiger partial charge in [-0.05, 0) is 25.8 Å². The molecular formula is C18H19ClO5. The zero-order valence-corrected chi connectivity index (χ0v) is 14.0. The molecule has 0 aliphatic carbocycles. The SMILES string of the molecule is C[C@H]1C/C=C/CC/C=C/C(=O)Cc2c(Cl)c(O)cc(O)c2C(=O)O1. The van der Waals surface area contributed by atoms with Crippen LogP contribution >= 0.6 is 11.6 Å². The molecule has 128 valence electrons. The lowest BCUT2D eigenvalue weighted by atomic mass is 9.99. The van der Waals surface area contributed by atoms with Crippen LogP contribution in [0.4, 0.5) is 0 Å². The molecule has 1 aliphatic rings. The van der Waals surface area contributed by atoms with Crippen molar-refractivity contribution in [1.82, 2.24) is 0 Å². The van der Waals surface area contributed by atoms with E-state index in [0.29, 0.717) is 12.8 Å². The number of phenolic OH excluding ortho intramolecular Hbond substituents is 2. The summed E-state index contributed by atoms with van der Waals surface area (Å²) in [7, 11) is 0. The van der Waals surface area contributed by atoms with Gasteiger partial charge in [0.15, 0.2) is 5.78 Å². The molecule has 0 spiro atoms. The van der Waals surface area contributed by atoms with Gasteiger partial charge in [-0.2, -0.15) is 0 Å². The summed E-state index contributed by atoms with van der Waals surface area (Å²) in [5, 5.41) is 19.7. The highest BCUT2D eigenvalue weighted by molar-refractivity contribution is 6.33. The van der Waals surface area contributed by atoms with Crippen LogP contribution in [0.3, 0.4) is 0 Å². The predicted octanol–water partition coefficient (Wildman–Crippen LogP) is 3.70. The van der Waals surface area contributed by atoms with E-state index in [9.17, 15) is 19.8 Å². The van der Waals surface area contributed by atoms with Crippen molar-refractivity contribution in [1.29, 1.82) is 0 Å². The number of fused-ring (bicyclic) bond motifs is 1. The van der Waals surface area contributed by atoms with Crippen molar-refractivity contribution in [2.24, 2.45) is 0 Å². The lowest BCUT2D eigenvalue weighted by Crippen LogP contribution is -2.17. The van der Waals surface area contributed by atoms with Gasteiger partial charge in [0.2, 0.25) is 0 Å². The van der Waals surface area contributed by atoms with Crippen molar-refractivity contribution < 1.29 is 24.5 Å². The Balaban J connectivity index is 2.49. The maximum Gasteiger partial charge on any atom is 0.342 e. The Kier molecular flexibility index (Phi) is 6.04. The van der Waals surface area contributed by atoms with E-state index in [-0.39, 0.29) is 28.4 Å². The third-order valence-corrected chi connectivity index (χ3v) is 4.04. The molecule has 1 aliphatic heterocycles. The summed E-state index contributed by atoms with van der Waals surface area (Å²) in [6.07, 6.45) is 8.44. The Morgan fingerprint density at radius 3 is 2.58 bits per heavy atom. The Labute approximate surface area is 145 Å². The quantitative estimate of drug-likeness (QED) is 0.550. The predicted molar refractivity (Wildman–Crippen MR) is 90.5 cm³/mol. The molecule has 5 nitrogen and oxygen atoms in total. The minimum absolute atomic E-state index is 0.0635. The summed E-state index contributed by atoms with van der Waals surface area (Å²) in [6, 6.07) is 0.969. The molecule has 1 aromatic rings. The molecule has 0 fully saturated rings. The van der Waals surface area contributed by atoms with E-state index in [4.69, 9.17) is 16.3 Å². The van der Waals surface area contributed by atoms with Crippen molar-refractivity contribution in [2.75, 3.05) is 0 Å². The number of cyclic esters (lactones) is 1. The normalized spacial score (nSPS) is 22.2. The zero-order valence-electron chi connectivity index (χ0n) is 13.3. The van der Waals surface area contributed by atoms with Crippen LogP contribution in [-0.4, -0.2) is 28.1 Å². The summed E-state index contributed by atoms with van der Waals surface area (Å²) in [5.74, 6) is -1.93. The van der Waals surface area contributed by atoms with Gasteiger partial charge in [0.05, 0.1) is 5.02 Å². The molecule has 1 atom stereocenters. The highest BCUT2D eigenvalue weighted by Crippen LogP contribution is 2.37. The molecule has 2 rings (SSSR count). The van der Waals surface area contributed by atoms with E-state index in [1.807, 2.05) is 12.2 Å². The van der Waals surface area contributed by atoms with Crippen molar-refractivity contribution in [3.63, 3.8) is 0 Å². The monoisotopic (exact) mass is 350 g/mol. The minimum atomic E-state index is -0.779. The first-order valence-corrected chi connectivity index (χ1v) is 8.06. The van der Waals surface area contributed by atoms with Crippen molar-refractivity contribution in [3.05, 3.63) is 46.5 Å². The average Bonchev–Trinajstić information content (AvgIpc) is 2.50. The van der Waals surface area contributed by atoms with E-state index < -0.39 is 23.6 Å². The maximum atomic E-state index is 12.4. The topological polar surface area (TPSA) is 83.8 Å². The number of aromatic hydroxyl groups is 2. The van der Waals surface area contributed by atoms with Crippen molar-refractivity contribution in [2.45, 2.75) is 38.7 Å². The second-order valence-corrected chi connectivity index (χ2v) is 6.01. The summed E-state index contributed by atoms with van der Waals surface area (Å²) in [6.45, 7) is 1.73. The number of ether oxygens (including phenoxy) is 1. The van der Waals surface area contributed by atoms with Crippen LogP contribution in [0.25, 0.3) is 0 Å². The largest absolute Gasteiger partial charge is 0.507 e. The molecule has 1 heterocycles. The van der Waals surface area contributed by atoms with Crippen LogP contribution in [-0.2, 0) is 16.0 Å². The summed E-state index contributed by atoms with van der Waals surface area (Å²) >= 11 is 6.05. The highest BCUT2D eigenvalue weighted by atomic mass is 35.5. The third-order valence-electron chi connectivity index (χ3n) is 3.62. The lowest BCUT2D eigenvalue weighted by molar-refractivity contribution is -0.114. The van der Waals surface area contributed by atoms with E-state index in [2.05, 4.69) is 0 Å². The number of carbonyl (C=O) groups is 2. The number of benzene rings is 1. The van der Waals surface area contributed by atoms with Crippen molar-refractivity contribution >= 4 is 23.4 Å². The number of rotatable bonds is 0. The first kappa shape index (κ1) is 18.1. The number of phenols is 2. The van der Waals surface area contributed by atoms with Gasteiger partial charge in [-0.3, -0.25) is 4.79 Å². The first-order chi connectivity index (χ1) is 11.4. The zero-order chi connectivity index (χ0) is 17.7. The number of allylic oxidation sites excluding steroid dienone is 3.